The van der Waals surface area contributed by atoms with Crippen LogP contribution in [0.5, 0.6) is 17.2 Å². The summed E-state index contributed by atoms with van der Waals surface area (Å²) in [5, 5.41) is 22.5. The lowest BCUT2D eigenvalue weighted by Gasteiger charge is -2.33. The average Bonchev–Trinajstić information content (AvgIpc) is 2.98. The molecule has 0 aliphatic heterocycles. The zero-order chi connectivity index (χ0) is 31.0. The molecule has 3 N–H and O–H groups in total. The van der Waals surface area contributed by atoms with Crippen LogP contribution in [0.3, 0.4) is 0 Å². The number of unbranched alkanes of at least 4 members (excludes halogenated alkanes) is 2. The van der Waals surface area contributed by atoms with Gasteiger partial charge in [-0.25, -0.2) is 0 Å². The number of aromatic hydroxyl groups is 2. The molecule has 0 aliphatic rings. The SMILES string of the molecule is CCCCCC(CC)(CC)c1ccccc1O.COc1ccccc1O.Clc1nc(Cl)nc(Nc2ccccc2Cl)n1. The molecule has 0 radical (unpaired) electrons. The first-order chi connectivity index (χ1) is 20.2. The number of phenolic OH excluding ortho intramolecular Hbond substituents is 2. The van der Waals surface area contributed by atoms with E-state index < -0.39 is 0 Å². The van der Waals surface area contributed by atoms with E-state index in [-0.39, 0.29) is 27.7 Å². The molecule has 42 heavy (non-hydrogen) atoms. The molecule has 0 atom stereocenters. The van der Waals surface area contributed by atoms with Gasteiger partial charge in [0.15, 0.2) is 11.5 Å². The van der Waals surface area contributed by atoms with Gasteiger partial charge in [0.05, 0.1) is 17.8 Å². The van der Waals surface area contributed by atoms with E-state index in [2.05, 4.69) is 47.1 Å². The van der Waals surface area contributed by atoms with Crippen molar-refractivity contribution in [2.45, 2.75) is 64.7 Å². The summed E-state index contributed by atoms with van der Waals surface area (Å²) in [6.45, 7) is 6.71. The highest BCUT2D eigenvalue weighted by atomic mass is 35.5. The standard InChI is InChI=1S/C16H26O.C9H5Cl3N4.C7H8O2/c1-4-7-10-13-16(5-2,6-3)14-11-8-9-12-15(14)17;10-5-3-1-2-4-6(5)13-9-15-7(11)14-8(12)16-9;1-9-7-5-3-2-4-6(7)8/h8-9,11-12,17H,4-7,10,13H2,1-3H3;1-4H,(H,13,14,15,16);2-5,8H,1H3. The fourth-order valence-corrected chi connectivity index (χ4v) is 5.00. The van der Waals surface area contributed by atoms with Crippen LogP contribution in [-0.2, 0) is 5.41 Å². The van der Waals surface area contributed by atoms with Gasteiger partial charge in [-0.15, -0.1) is 0 Å². The van der Waals surface area contributed by atoms with Gasteiger partial charge >= 0.3 is 0 Å². The number of phenols is 2. The maximum absolute atomic E-state index is 10.1. The molecule has 226 valence electrons. The number of ether oxygens (including phenoxy) is 1. The number of halogens is 3. The number of nitrogens with zero attached hydrogens (tertiary/aromatic N) is 3. The summed E-state index contributed by atoms with van der Waals surface area (Å²) in [5.74, 6) is 1.41. The number of para-hydroxylation sites is 4. The molecule has 0 fully saturated rings. The quantitative estimate of drug-likeness (QED) is 0.149. The first-order valence-electron chi connectivity index (χ1n) is 13.9. The zero-order valence-corrected chi connectivity index (χ0v) is 26.7. The molecular weight excluding hydrogens is 595 g/mol. The van der Waals surface area contributed by atoms with Crippen molar-refractivity contribution in [3.05, 3.63) is 93.9 Å². The minimum absolute atomic E-state index is 0.0227. The van der Waals surface area contributed by atoms with E-state index >= 15 is 0 Å². The van der Waals surface area contributed by atoms with E-state index in [0.717, 1.165) is 18.4 Å². The fourth-order valence-electron chi connectivity index (χ4n) is 4.45. The molecule has 4 rings (SSSR count). The number of benzene rings is 3. The van der Waals surface area contributed by atoms with Crippen molar-refractivity contribution in [2.75, 3.05) is 12.4 Å². The number of hydrogen-bond donors (Lipinski definition) is 3. The number of hydrogen-bond acceptors (Lipinski definition) is 7. The van der Waals surface area contributed by atoms with E-state index in [1.54, 1.807) is 36.4 Å². The molecule has 7 nitrogen and oxygen atoms in total. The van der Waals surface area contributed by atoms with Crippen LogP contribution in [0.2, 0.25) is 15.6 Å². The van der Waals surface area contributed by atoms with Gasteiger partial charge in [-0.1, -0.05) is 94.1 Å². The van der Waals surface area contributed by atoms with E-state index in [4.69, 9.17) is 44.6 Å². The Hall–Kier alpha value is -3.26. The Morgan fingerprint density at radius 1 is 0.738 bits per heavy atom. The van der Waals surface area contributed by atoms with Crippen molar-refractivity contribution >= 4 is 46.4 Å². The Balaban J connectivity index is 0.000000230. The zero-order valence-electron chi connectivity index (χ0n) is 24.4. The Morgan fingerprint density at radius 2 is 1.31 bits per heavy atom. The highest BCUT2D eigenvalue weighted by molar-refractivity contribution is 6.33. The van der Waals surface area contributed by atoms with E-state index in [1.807, 2.05) is 30.3 Å². The largest absolute Gasteiger partial charge is 0.508 e. The van der Waals surface area contributed by atoms with Crippen molar-refractivity contribution in [1.82, 2.24) is 15.0 Å². The molecule has 4 aromatic rings. The third-order valence-electron chi connectivity index (χ3n) is 6.87. The summed E-state index contributed by atoms with van der Waals surface area (Å²) in [5.41, 5.74) is 1.98. The molecule has 0 saturated heterocycles. The van der Waals surface area contributed by atoms with Crippen molar-refractivity contribution in [1.29, 1.82) is 0 Å². The first kappa shape index (κ1) is 34.9. The minimum atomic E-state index is 0.0227. The summed E-state index contributed by atoms with van der Waals surface area (Å²) >= 11 is 17.2. The van der Waals surface area contributed by atoms with Crippen molar-refractivity contribution in [3.63, 3.8) is 0 Å². The van der Waals surface area contributed by atoms with Crippen molar-refractivity contribution in [2.24, 2.45) is 0 Å². The van der Waals surface area contributed by atoms with Gasteiger partial charge < -0.3 is 20.3 Å². The monoisotopic (exact) mass is 632 g/mol. The molecule has 0 aliphatic carbocycles. The normalized spacial score (nSPS) is 10.5. The van der Waals surface area contributed by atoms with Crippen LogP contribution < -0.4 is 10.1 Å². The lowest BCUT2D eigenvalue weighted by Crippen LogP contribution is -2.24. The van der Waals surface area contributed by atoms with Gasteiger partial charge in [0.1, 0.15) is 5.75 Å². The van der Waals surface area contributed by atoms with E-state index in [0.29, 0.717) is 22.2 Å². The second-order valence-electron chi connectivity index (χ2n) is 9.44. The number of rotatable bonds is 10. The fraction of sp³-hybridized carbons (Fsp3) is 0.344. The summed E-state index contributed by atoms with van der Waals surface area (Å²) in [6, 6.07) is 21.9. The molecule has 0 spiro atoms. The Bertz CT molecular complexity index is 1350. The van der Waals surface area contributed by atoms with Crippen molar-refractivity contribution in [3.8, 4) is 17.2 Å². The number of aromatic nitrogens is 3. The first-order valence-corrected chi connectivity index (χ1v) is 15.0. The third-order valence-corrected chi connectivity index (χ3v) is 7.54. The second kappa shape index (κ2) is 18.3. The predicted molar refractivity (Wildman–Crippen MR) is 174 cm³/mol. The van der Waals surface area contributed by atoms with Crippen LogP contribution in [0.15, 0.2) is 72.8 Å². The molecule has 1 aromatic heterocycles. The summed E-state index contributed by atoms with van der Waals surface area (Å²) in [7, 11) is 1.52. The van der Waals surface area contributed by atoms with Crippen LogP contribution in [-0.4, -0.2) is 32.3 Å². The van der Waals surface area contributed by atoms with Crippen LogP contribution >= 0.6 is 34.8 Å². The van der Waals surface area contributed by atoms with Crippen LogP contribution in [0, 0.1) is 0 Å². The Morgan fingerprint density at radius 3 is 1.83 bits per heavy atom. The highest BCUT2D eigenvalue weighted by Crippen LogP contribution is 2.41. The second-order valence-corrected chi connectivity index (χ2v) is 10.5. The summed E-state index contributed by atoms with van der Waals surface area (Å²) < 4.78 is 4.79. The van der Waals surface area contributed by atoms with E-state index in [1.165, 1.54) is 32.8 Å². The van der Waals surface area contributed by atoms with Gasteiger partial charge in [-0.3, -0.25) is 0 Å². The highest BCUT2D eigenvalue weighted by Gasteiger charge is 2.29. The lowest BCUT2D eigenvalue weighted by molar-refractivity contribution is 0.333. The molecule has 1 heterocycles. The van der Waals surface area contributed by atoms with E-state index in [9.17, 15) is 5.11 Å². The summed E-state index contributed by atoms with van der Waals surface area (Å²) in [4.78, 5) is 11.4. The molecule has 10 heteroatoms. The maximum atomic E-state index is 10.1. The average molecular weight is 634 g/mol. The van der Waals surface area contributed by atoms with Crippen LogP contribution in [0.25, 0.3) is 0 Å². The molecular formula is C32H39Cl3N4O3. The Labute approximate surface area is 263 Å². The topological polar surface area (TPSA) is 100 Å². The number of nitrogens with one attached hydrogen (secondary N) is 1. The van der Waals surface area contributed by atoms with Gasteiger partial charge in [0.2, 0.25) is 16.5 Å². The van der Waals surface area contributed by atoms with Crippen LogP contribution in [0.1, 0.15) is 64.9 Å². The lowest BCUT2D eigenvalue weighted by atomic mass is 9.72. The van der Waals surface area contributed by atoms with Gasteiger partial charge in [-0.2, -0.15) is 15.0 Å². The van der Waals surface area contributed by atoms with Gasteiger partial charge in [0.25, 0.3) is 0 Å². The predicted octanol–water partition coefficient (Wildman–Crippen LogP) is 10.0. The summed E-state index contributed by atoms with van der Waals surface area (Å²) in [6.07, 6.45) is 7.19. The van der Waals surface area contributed by atoms with Crippen LogP contribution in [0.4, 0.5) is 11.6 Å². The number of anilines is 2. The van der Waals surface area contributed by atoms with Gasteiger partial charge in [-0.05, 0) is 78.2 Å². The van der Waals surface area contributed by atoms with Crippen molar-refractivity contribution < 1.29 is 14.9 Å². The molecule has 0 saturated carbocycles. The molecule has 3 aromatic carbocycles. The maximum Gasteiger partial charge on any atom is 0.232 e. The van der Waals surface area contributed by atoms with Gasteiger partial charge in [0, 0.05) is 5.56 Å². The molecule has 0 bridgehead atoms. The Kier molecular flexibility index (Phi) is 15.2. The smallest absolute Gasteiger partial charge is 0.232 e. The molecule has 0 unspecified atom stereocenters. The number of methoxy groups -OCH3 is 1. The minimum Gasteiger partial charge on any atom is -0.508 e. The molecule has 0 amide bonds. The third kappa shape index (κ3) is 10.9.